The number of alkyl halides is 3. The van der Waals surface area contributed by atoms with Crippen molar-refractivity contribution >= 4 is 5.91 Å². The van der Waals surface area contributed by atoms with Gasteiger partial charge in [-0.05, 0) is 42.3 Å². The predicted octanol–water partition coefficient (Wildman–Crippen LogP) is 3.97. The van der Waals surface area contributed by atoms with E-state index >= 15 is 0 Å². The number of carbonyl (C=O) groups excluding carboxylic acids is 1. The van der Waals surface area contributed by atoms with E-state index in [-0.39, 0.29) is 11.1 Å². The van der Waals surface area contributed by atoms with Crippen molar-refractivity contribution in [2.45, 2.75) is 13.1 Å². The zero-order valence-electron chi connectivity index (χ0n) is 13.2. The summed E-state index contributed by atoms with van der Waals surface area (Å²) in [5, 5.41) is 0. The number of hydrogen-bond donors (Lipinski definition) is 1. The maximum Gasteiger partial charge on any atom is 0.416 e. The van der Waals surface area contributed by atoms with Crippen LogP contribution in [0.1, 0.15) is 21.6 Å². The number of nitrogens with two attached hydrogens (primary N) is 1. The van der Waals surface area contributed by atoms with E-state index in [1.54, 1.807) is 42.0 Å². The number of aryl methyl sites for hydroxylation is 1. The number of carbonyl (C=O) groups is 1. The molecule has 0 aliphatic rings. The molecule has 0 bridgehead atoms. The van der Waals surface area contributed by atoms with E-state index in [9.17, 15) is 18.0 Å². The van der Waals surface area contributed by atoms with Gasteiger partial charge in [0.15, 0.2) is 0 Å². The molecule has 1 aromatic heterocycles. The normalized spacial score (nSPS) is 11.5. The molecule has 3 rings (SSSR count). The van der Waals surface area contributed by atoms with E-state index in [4.69, 9.17) is 5.73 Å². The van der Waals surface area contributed by atoms with Gasteiger partial charge in [0.1, 0.15) is 0 Å². The number of imidazole rings is 1. The molecule has 2 N–H and O–H groups in total. The molecule has 0 unspecified atom stereocenters. The lowest BCUT2D eigenvalue weighted by Gasteiger charge is -2.15. The van der Waals surface area contributed by atoms with Crippen LogP contribution in [0.2, 0.25) is 0 Å². The Bertz CT molecular complexity index is 945. The number of benzene rings is 2. The summed E-state index contributed by atoms with van der Waals surface area (Å²) < 4.78 is 41.6. The highest BCUT2D eigenvalue weighted by Crippen LogP contribution is 2.35. The predicted molar refractivity (Wildman–Crippen MR) is 87.3 cm³/mol. The quantitative estimate of drug-likeness (QED) is 0.781. The molecule has 1 amide bonds. The van der Waals surface area contributed by atoms with Crippen molar-refractivity contribution in [1.82, 2.24) is 9.55 Å². The van der Waals surface area contributed by atoms with Crippen LogP contribution in [0.3, 0.4) is 0 Å². The second-order valence-corrected chi connectivity index (χ2v) is 5.58. The summed E-state index contributed by atoms with van der Waals surface area (Å²) in [7, 11) is 0. The Balaban J connectivity index is 2.28. The number of rotatable bonds is 3. The summed E-state index contributed by atoms with van der Waals surface area (Å²) in [6.07, 6.45) is -1.53. The van der Waals surface area contributed by atoms with Crippen LogP contribution in [0.15, 0.2) is 55.0 Å². The molecule has 3 aromatic rings. The standard InChI is InChI=1S/C18H14F3N3O/c1-11-9-23-10-24(11)14-7-12(6-13(8-14)18(19,20)21)15-4-2-3-5-16(15)17(22)25/h2-10H,1H3,(H2,22,25). The molecule has 0 aliphatic carbocycles. The van der Waals surface area contributed by atoms with Gasteiger partial charge in [0, 0.05) is 23.1 Å². The van der Waals surface area contributed by atoms with Gasteiger partial charge >= 0.3 is 6.18 Å². The number of hydrogen-bond acceptors (Lipinski definition) is 2. The second-order valence-electron chi connectivity index (χ2n) is 5.58. The van der Waals surface area contributed by atoms with E-state index < -0.39 is 17.6 Å². The number of halogens is 3. The first-order valence-electron chi connectivity index (χ1n) is 7.38. The van der Waals surface area contributed by atoms with Crippen LogP contribution in [-0.4, -0.2) is 15.5 Å². The van der Waals surface area contributed by atoms with Crippen molar-refractivity contribution in [2.24, 2.45) is 5.73 Å². The van der Waals surface area contributed by atoms with Gasteiger partial charge in [0.05, 0.1) is 11.9 Å². The summed E-state index contributed by atoms with van der Waals surface area (Å²) in [6.45, 7) is 1.74. The lowest BCUT2D eigenvalue weighted by atomic mass is 9.96. The molecule has 0 saturated heterocycles. The average molecular weight is 345 g/mol. The van der Waals surface area contributed by atoms with E-state index in [1.165, 1.54) is 12.4 Å². The number of nitrogens with zero attached hydrogens (tertiary/aromatic N) is 2. The minimum Gasteiger partial charge on any atom is -0.366 e. The topological polar surface area (TPSA) is 60.9 Å². The maximum atomic E-state index is 13.3. The molecule has 2 aromatic carbocycles. The largest absolute Gasteiger partial charge is 0.416 e. The number of aromatic nitrogens is 2. The van der Waals surface area contributed by atoms with E-state index in [0.29, 0.717) is 16.9 Å². The van der Waals surface area contributed by atoms with E-state index in [0.717, 1.165) is 12.1 Å². The number of amides is 1. The van der Waals surface area contributed by atoms with Crippen molar-refractivity contribution in [3.8, 4) is 16.8 Å². The SMILES string of the molecule is Cc1cncn1-c1cc(-c2ccccc2C(N)=O)cc(C(F)(F)F)c1. The van der Waals surface area contributed by atoms with E-state index in [1.807, 2.05) is 0 Å². The summed E-state index contributed by atoms with van der Waals surface area (Å²) in [4.78, 5) is 15.6. The second kappa shape index (κ2) is 6.08. The third-order valence-electron chi connectivity index (χ3n) is 3.85. The fourth-order valence-electron chi connectivity index (χ4n) is 2.65. The van der Waals surface area contributed by atoms with Gasteiger partial charge < -0.3 is 10.3 Å². The van der Waals surface area contributed by atoms with E-state index in [2.05, 4.69) is 4.98 Å². The molecule has 0 aliphatic heterocycles. The molecule has 0 saturated carbocycles. The Labute approximate surface area is 141 Å². The van der Waals surface area contributed by atoms with Crippen LogP contribution in [0.25, 0.3) is 16.8 Å². The Kier molecular flexibility index (Phi) is 4.08. The molecule has 0 spiro atoms. The Morgan fingerprint density at radius 1 is 1.16 bits per heavy atom. The Hall–Kier alpha value is -3.09. The fraction of sp³-hybridized carbons (Fsp3) is 0.111. The van der Waals surface area contributed by atoms with Gasteiger partial charge in [-0.2, -0.15) is 13.2 Å². The monoisotopic (exact) mass is 345 g/mol. The van der Waals surface area contributed by atoms with Crippen molar-refractivity contribution in [3.63, 3.8) is 0 Å². The Morgan fingerprint density at radius 3 is 2.48 bits per heavy atom. The zero-order chi connectivity index (χ0) is 18.2. The van der Waals surface area contributed by atoms with Crippen LogP contribution in [0.4, 0.5) is 13.2 Å². The number of primary amides is 1. The third-order valence-corrected chi connectivity index (χ3v) is 3.85. The van der Waals surface area contributed by atoms with Crippen LogP contribution in [0.5, 0.6) is 0 Å². The minimum atomic E-state index is -4.53. The molecule has 1 heterocycles. The highest BCUT2D eigenvalue weighted by molar-refractivity contribution is 6.00. The zero-order valence-corrected chi connectivity index (χ0v) is 13.2. The molecular formula is C18H14F3N3O. The molecular weight excluding hydrogens is 331 g/mol. The summed E-state index contributed by atoms with van der Waals surface area (Å²) >= 11 is 0. The average Bonchev–Trinajstić information content (AvgIpc) is 2.99. The highest BCUT2D eigenvalue weighted by atomic mass is 19.4. The molecule has 0 radical (unpaired) electrons. The van der Waals surface area contributed by atoms with Crippen LogP contribution >= 0.6 is 0 Å². The fourth-order valence-corrected chi connectivity index (χ4v) is 2.65. The van der Waals surface area contributed by atoms with Crippen molar-refractivity contribution in [2.75, 3.05) is 0 Å². The molecule has 128 valence electrons. The lowest BCUT2D eigenvalue weighted by Crippen LogP contribution is -2.13. The third kappa shape index (κ3) is 3.26. The van der Waals surface area contributed by atoms with Crippen molar-refractivity contribution in [3.05, 3.63) is 71.8 Å². The minimum absolute atomic E-state index is 0.162. The maximum absolute atomic E-state index is 13.3. The summed E-state index contributed by atoms with van der Waals surface area (Å²) in [5.74, 6) is -0.701. The van der Waals surface area contributed by atoms with Gasteiger partial charge in [0.2, 0.25) is 5.91 Å². The van der Waals surface area contributed by atoms with Gasteiger partial charge in [-0.1, -0.05) is 18.2 Å². The Morgan fingerprint density at radius 2 is 1.88 bits per heavy atom. The first-order chi connectivity index (χ1) is 11.8. The highest BCUT2D eigenvalue weighted by Gasteiger charge is 2.31. The molecule has 4 nitrogen and oxygen atoms in total. The molecule has 0 atom stereocenters. The smallest absolute Gasteiger partial charge is 0.366 e. The van der Waals surface area contributed by atoms with Crippen molar-refractivity contribution < 1.29 is 18.0 Å². The molecule has 0 fully saturated rings. The summed E-state index contributed by atoms with van der Waals surface area (Å²) in [5.41, 5.74) is 6.30. The van der Waals surface area contributed by atoms with Gasteiger partial charge in [-0.3, -0.25) is 4.79 Å². The van der Waals surface area contributed by atoms with Gasteiger partial charge in [-0.15, -0.1) is 0 Å². The van der Waals surface area contributed by atoms with Crippen LogP contribution in [0, 0.1) is 6.92 Å². The lowest BCUT2D eigenvalue weighted by molar-refractivity contribution is -0.137. The van der Waals surface area contributed by atoms with Crippen LogP contribution < -0.4 is 5.73 Å². The summed E-state index contributed by atoms with van der Waals surface area (Å²) in [6, 6.07) is 9.94. The van der Waals surface area contributed by atoms with Gasteiger partial charge in [-0.25, -0.2) is 4.98 Å². The first kappa shape index (κ1) is 16.8. The molecule has 25 heavy (non-hydrogen) atoms. The van der Waals surface area contributed by atoms with Gasteiger partial charge in [0.25, 0.3) is 0 Å². The van der Waals surface area contributed by atoms with Crippen molar-refractivity contribution in [1.29, 1.82) is 0 Å². The molecule has 7 heteroatoms. The van der Waals surface area contributed by atoms with Crippen LogP contribution in [-0.2, 0) is 6.18 Å². The first-order valence-corrected chi connectivity index (χ1v) is 7.38.